The summed E-state index contributed by atoms with van der Waals surface area (Å²) in [5, 5.41) is 4.13. The Labute approximate surface area is 109 Å². The molecule has 0 spiro atoms. The molecule has 17 heavy (non-hydrogen) atoms. The van der Waals surface area contributed by atoms with Crippen LogP contribution in [0.25, 0.3) is 0 Å². The first kappa shape index (κ1) is 12.4. The average molecular weight is 248 g/mol. The van der Waals surface area contributed by atoms with Gasteiger partial charge in [0.05, 0.1) is 0 Å². The largest absolute Gasteiger partial charge is 0.362 e. The Morgan fingerprint density at radius 2 is 2.00 bits per heavy atom. The van der Waals surface area contributed by atoms with Crippen molar-refractivity contribution in [3.05, 3.63) is 35.4 Å². The highest BCUT2D eigenvalue weighted by atomic mass is 32.1. The summed E-state index contributed by atoms with van der Waals surface area (Å²) in [6.07, 6.45) is 1.17. The van der Waals surface area contributed by atoms with Crippen molar-refractivity contribution >= 4 is 17.3 Å². The lowest BCUT2D eigenvalue weighted by atomic mass is 10.0. The molecule has 0 bridgehead atoms. The topological polar surface area (TPSA) is 15.3 Å². The van der Waals surface area contributed by atoms with Crippen LogP contribution in [0.5, 0.6) is 0 Å². The molecule has 0 radical (unpaired) electrons. The highest BCUT2D eigenvalue weighted by Gasteiger charge is 2.13. The molecule has 1 heterocycles. The summed E-state index contributed by atoms with van der Waals surface area (Å²) in [5.74, 6) is 0.599. The molecule has 0 aromatic heterocycles. The van der Waals surface area contributed by atoms with Crippen LogP contribution in [0.15, 0.2) is 24.3 Å². The van der Waals surface area contributed by atoms with Crippen molar-refractivity contribution in [2.75, 3.05) is 13.1 Å². The standard InChI is InChI=1S/C14H20N2S/c1-11(2)13-6-4-12(5-7-13)10-16-9-3-8-15-14(16)17/h4-7,11H,3,8-10H2,1-2H3,(H,15,17). The maximum atomic E-state index is 5.31. The van der Waals surface area contributed by atoms with Crippen LogP contribution < -0.4 is 5.32 Å². The molecule has 1 N–H and O–H groups in total. The van der Waals surface area contributed by atoms with Crippen molar-refractivity contribution in [3.8, 4) is 0 Å². The maximum absolute atomic E-state index is 5.31. The average Bonchev–Trinajstić information content (AvgIpc) is 2.33. The zero-order chi connectivity index (χ0) is 12.3. The molecule has 0 unspecified atom stereocenters. The number of nitrogens with one attached hydrogen (secondary N) is 1. The predicted molar refractivity (Wildman–Crippen MR) is 76.2 cm³/mol. The van der Waals surface area contributed by atoms with Crippen molar-refractivity contribution in [2.24, 2.45) is 0 Å². The number of benzene rings is 1. The van der Waals surface area contributed by atoms with Crippen molar-refractivity contribution in [3.63, 3.8) is 0 Å². The molecule has 1 aliphatic heterocycles. The van der Waals surface area contributed by atoms with E-state index in [0.717, 1.165) is 24.7 Å². The first-order chi connectivity index (χ1) is 8.16. The van der Waals surface area contributed by atoms with E-state index in [4.69, 9.17) is 12.2 Å². The van der Waals surface area contributed by atoms with Crippen LogP contribution in [0.2, 0.25) is 0 Å². The quantitative estimate of drug-likeness (QED) is 0.828. The molecule has 0 aliphatic carbocycles. The lowest BCUT2D eigenvalue weighted by Crippen LogP contribution is -2.45. The molecule has 1 aliphatic rings. The summed E-state index contributed by atoms with van der Waals surface area (Å²) >= 11 is 5.31. The Morgan fingerprint density at radius 3 is 2.59 bits per heavy atom. The van der Waals surface area contributed by atoms with E-state index in [-0.39, 0.29) is 0 Å². The monoisotopic (exact) mass is 248 g/mol. The Morgan fingerprint density at radius 1 is 1.29 bits per heavy atom. The SMILES string of the molecule is CC(C)c1ccc(CN2CCCNC2=S)cc1. The van der Waals surface area contributed by atoms with Gasteiger partial charge in [0.2, 0.25) is 0 Å². The zero-order valence-electron chi connectivity index (χ0n) is 10.6. The van der Waals surface area contributed by atoms with Crippen LogP contribution in [-0.4, -0.2) is 23.1 Å². The molecule has 2 nitrogen and oxygen atoms in total. The van der Waals surface area contributed by atoms with Crippen LogP contribution in [-0.2, 0) is 6.54 Å². The van der Waals surface area contributed by atoms with E-state index in [1.165, 1.54) is 17.5 Å². The Bertz CT molecular complexity index is 384. The normalized spacial score (nSPS) is 16.2. The number of hydrogen-bond donors (Lipinski definition) is 1. The van der Waals surface area contributed by atoms with Gasteiger partial charge in [-0.15, -0.1) is 0 Å². The first-order valence-electron chi connectivity index (χ1n) is 6.28. The van der Waals surface area contributed by atoms with E-state index in [9.17, 15) is 0 Å². The Balaban J connectivity index is 2.00. The zero-order valence-corrected chi connectivity index (χ0v) is 11.4. The molecule has 0 amide bonds. The number of hydrogen-bond acceptors (Lipinski definition) is 1. The molecule has 3 heteroatoms. The molecule has 1 saturated heterocycles. The number of rotatable bonds is 3. The maximum Gasteiger partial charge on any atom is 0.169 e. The summed E-state index contributed by atoms with van der Waals surface area (Å²) in [6.45, 7) is 7.45. The van der Waals surface area contributed by atoms with Gasteiger partial charge in [-0.05, 0) is 35.7 Å². The molecule has 1 aromatic carbocycles. The summed E-state index contributed by atoms with van der Waals surface area (Å²) in [4.78, 5) is 2.24. The number of thiocarbonyl (C=S) groups is 1. The van der Waals surface area contributed by atoms with Crippen LogP contribution in [0, 0.1) is 0 Å². The molecular weight excluding hydrogens is 228 g/mol. The van der Waals surface area contributed by atoms with Crippen LogP contribution >= 0.6 is 12.2 Å². The van der Waals surface area contributed by atoms with Crippen LogP contribution in [0.4, 0.5) is 0 Å². The van der Waals surface area contributed by atoms with E-state index >= 15 is 0 Å². The molecular formula is C14H20N2S. The van der Waals surface area contributed by atoms with Crippen molar-refractivity contribution in [1.82, 2.24) is 10.2 Å². The highest BCUT2D eigenvalue weighted by Crippen LogP contribution is 2.16. The molecule has 1 aromatic rings. The third-order valence-corrected chi connectivity index (χ3v) is 3.59. The van der Waals surface area contributed by atoms with Gasteiger partial charge in [-0.2, -0.15) is 0 Å². The lowest BCUT2D eigenvalue weighted by Gasteiger charge is -2.30. The molecule has 0 atom stereocenters. The van der Waals surface area contributed by atoms with Crippen molar-refractivity contribution in [2.45, 2.75) is 32.7 Å². The molecule has 1 fully saturated rings. The van der Waals surface area contributed by atoms with Gasteiger partial charge in [-0.3, -0.25) is 0 Å². The highest BCUT2D eigenvalue weighted by molar-refractivity contribution is 7.80. The third kappa shape index (κ3) is 3.19. The summed E-state index contributed by atoms with van der Waals surface area (Å²) in [6, 6.07) is 8.87. The fraction of sp³-hybridized carbons (Fsp3) is 0.500. The first-order valence-corrected chi connectivity index (χ1v) is 6.69. The second kappa shape index (κ2) is 5.50. The minimum Gasteiger partial charge on any atom is -0.362 e. The van der Waals surface area contributed by atoms with Gasteiger partial charge in [-0.25, -0.2) is 0 Å². The minimum atomic E-state index is 0.599. The van der Waals surface area contributed by atoms with E-state index in [0.29, 0.717) is 5.92 Å². The Hall–Kier alpha value is -1.09. The predicted octanol–water partition coefficient (Wildman–Crippen LogP) is 2.89. The Kier molecular flexibility index (Phi) is 4.00. The van der Waals surface area contributed by atoms with Gasteiger partial charge >= 0.3 is 0 Å². The molecule has 92 valence electrons. The van der Waals surface area contributed by atoms with Crippen LogP contribution in [0.3, 0.4) is 0 Å². The van der Waals surface area contributed by atoms with E-state index in [2.05, 4.69) is 48.3 Å². The van der Waals surface area contributed by atoms with Gasteiger partial charge in [0.15, 0.2) is 5.11 Å². The minimum absolute atomic E-state index is 0.599. The van der Waals surface area contributed by atoms with Crippen molar-refractivity contribution < 1.29 is 0 Å². The third-order valence-electron chi connectivity index (χ3n) is 3.19. The van der Waals surface area contributed by atoms with Crippen LogP contribution in [0.1, 0.15) is 37.3 Å². The summed E-state index contributed by atoms with van der Waals surface area (Å²) < 4.78 is 0. The van der Waals surface area contributed by atoms with Gasteiger partial charge in [-0.1, -0.05) is 38.1 Å². The fourth-order valence-corrected chi connectivity index (χ4v) is 2.32. The van der Waals surface area contributed by atoms with E-state index in [1.54, 1.807) is 0 Å². The molecule has 0 saturated carbocycles. The number of nitrogens with zero attached hydrogens (tertiary/aromatic N) is 1. The van der Waals surface area contributed by atoms with Gasteiger partial charge < -0.3 is 10.2 Å². The van der Waals surface area contributed by atoms with Gasteiger partial charge in [0, 0.05) is 19.6 Å². The van der Waals surface area contributed by atoms with E-state index < -0.39 is 0 Å². The second-order valence-electron chi connectivity index (χ2n) is 4.90. The van der Waals surface area contributed by atoms with Gasteiger partial charge in [0.25, 0.3) is 0 Å². The lowest BCUT2D eigenvalue weighted by molar-refractivity contribution is 0.370. The van der Waals surface area contributed by atoms with E-state index in [1.807, 2.05) is 0 Å². The smallest absolute Gasteiger partial charge is 0.169 e. The summed E-state index contributed by atoms with van der Waals surface area (Å²) in [7, 11) is 0. The second-order valence-corrected chi connectivity index (χ2v) is 5.29. The fourth-order valence-electron chi connectivity index (χ4n) is 2.06. The van der Waals surface area contributed by atoms with Crippen molar-refractivity contribution in [1.29, 1.82) is 0 Å². The summed E-state index contributed by atoms with van der Waals surface area (Å²) in [5.41, 5.74) is 2.73. The van der Waals surface area contributed by atoms with Gasteiger partial charge in [0.1, 0.15) is 0 Å². The molecule has 2 rings (SSSR count).